The Labute approximate surface area is 148 Å². The van der Waals surface area contributed by atoms with Crippen molar-refractivity contribution in [1.82, 2.24) is 14.9 Å². The van der Waals surface area contributed by atoms with E-state index in [1.165, 1.54) is 17.4 Å². The van der Waals surface area contributed by atoms with Gasteiger partial charge in [0.25, 0.3) is 5.91 Å². The van der Waals surface area contributed by atoms with Crippen LogP contribution in [0.5, 0.6) is 0 Å². The van der Waals surface area contributed by atoms with E-state index in [2.05, 4.69) is 10.0 Å². The molecule has 1 aromatic heterocycles. The smallest absolute Gasteiger partial charge is 0.265 e. The van der Waals surface area contributed by atoms with E-state index >= 15 is 0 Å². The third-order valence-corrected chi connectivity index (χ3v) is 6.93. The largest absolute Gasteiger partial charge is 0.340 e. The molecule has 0 aliphatic heterocycles. The molecule has 0 unspecified atom stereocenters. The van der Waals surface area contributed by atoms with Crippen LogP contribution in [0.4, 0.5) is 0 Å². The molecule has 1 aliphatic carbocycles. The molecule has 0 radical (unpaired) electrons. The van der Waals surface area contributed by atoms with E-state index in [1.54, 1.807) is 17.3 Å². The summed E-state index contributed by atoms with van der Waals surface area (Å²) in [6, 6.07) is 1.51. The topological polar surface area (TPSA) is 78.5 Å². The molecule has 1 heterocycles. The minimum Gasteiger partial charge on any atom is -0.340 e. The van der Waals surface area contributed by atoms with Crippen molar-refractivity contribution >= 4 is 27.3 Å². The van der Waals surface area contributed by atoms with Gasteiger partial charge in [0, 0.05) is 26.2 Å². The van der Waals surface area contributed by atoms with Crippen molar-refractivity contribution in [2.45, 2.75) is 49.5 Å². The Bertz CT molecular complexity index is 635. The van der Waals surface area contributed by atoms with Crippen LogP contribution in [0.25, 0.3) is 0 Å². The van der Waals surface area contributed by atoms with Crippen molar-refractivity contribution in [3.05, 3.63) is 16.3 Å². The summed E-state index contributed by atoms with van der Waals surface area (Å²) in [5.74, 6) is -0.249. The van der Waals surface area contributed by atoms with Crippen LogP contribution in [0.2, 0.25) is 0 Å². The standard InChI is InChI=1S/C16H27N3O3S2/c1-17-10-11-19(2)16(20)15-14(9-12-23-15)24(21,22)18-13-7-5-3-4-6-8-13/h9,12-13,17-18H,3-8,10-11H2,1-2H3. The average Bonchev–Trinajstić information content (AvgIpc) is 2.92. The van der Waals surface area contributed by atoms with Gasteiger partial charge in [-0.3, -0.25) is 4.79 Å². The molecule has 8 heteroatoms. The van der Waals surface area contributed by atoms with E-state index in [-0.39, 0.29) is 21.7 Å². The highest BCUT2D eigenvalue weighted by Crippen LogP contribution is 2.25. The highest BCUT2D eigenvalue weighted by atomic mass is 32.2. The van der Waals surface area contributed by atoms with Gasteiger partial charge >= 0.3 is 0 Å². The summed E-state index contributed by atoms with van der Waals surface area (Å²) in [7, 11) is -0.161. The highest BCUT2D eigenvalue weighted by Gasteiger charge is 2.28. The fourth-order valence-electron chi connectivity index (χ4n) is 2.90. The predicted molar refractivity (Wildman–Crippen MR) is 97.0 cm³/mol. The Morgan fingerprint density at radius 1 is 1.29 bits per heavy atom. The Balaban J connectivity index is 2.13. The third-order valence-electron chi connectivity index (χ3n) is 4.33. The first-order chi connectivity index (χ1) is 11.5. The van der Waals surface area contributed by atoms with Crippen LogP contribution in [-0.2, 0) is 10.0 Å². The van der Waals surface area contributed by atoms with Crippen LogP contribution < -0.4 is 10.0 Å². The summed E-state index contributed by atoms with van der Waals surface area (Å²) in [5.41, 5.74) is 0. The maximum atomic E-state index is 12.7. The molecule has 1 aliphatic rings. The minimum atomic E-state index is -3.67. The Morgan fingerprint density at radius 3 is 2.58 bits per heavy atom. The number of likely N-dealkylation sites (N-methyl/N-ethyl adjacent to an activating group) is 2. The molecule has 0 spiro atoms. The molecule has 1 amide bonds. The van der Waals surface area contributed by atoms with Gasteiger partial charge in [0.05, 0.1) is 0 Å². The van der Waals surface area contributed by atoms with E-state index < -0.39 is 10.0 Å². The number of nitrogens with zero attached hydrogens (tertiary/aromatic N) is 1. The normalized spacial score (nSPS) is 16.8. The second kappa shape index (κ2) is 8.94. The molecule has 136 valence electrons. The average molecular weight is 374 g/mol. The minimum absolute atomic E-state index is 0.0256. The second-order valence-electron chi connectivity index (χ2n) is 6.25. The highest BCUT2D eigenvalue weighted by molar-refractivity contribution is 7.89. The molecular weight excluding hydrogens is 346 g/mol. The molecular formula is C16H27N3O3S2. The van der Waals surface area contributed by atoms with Gasteiger partial charge in [0.1, 0.15) is 9.77 Å². The van der Waals surface area contributed by atoms with Gasteiger partial charge in [-0.25, -0.2) is 13.1 Å². The first-order valence-electron chi connectivity index (χ1n) is 8.45. The zero-order chi connectivity index (χ0) is 17.6. The lowest BCUT2D eigenvalue weighted by atomic mass is 10.1. The van der Waals surface area contributed by atoms with Crippen LogP contribution in [0.1, 0.15) is 48.2 Å². The van der Waals surface area contributed by atoms with Crippen LogP contribution in [-0.4, -0.2) is 52.5 Å². The Hall–Kier alpha value is -0.960. The fraction of sp³-hybridized carbons (Fsp3) is 0.688. The molecule has 1 saturated carbocycles. The monoisotopic (exact) mass is 373 g/mol. The lowest BCUT2D eigenvalue weighted by Gasteiger charge is -2.19. The van der Waals surface area contributed by atoms with E-state index in [1.807, 2.05) is 7.05 Å². The number of carbonyl (C=O) groups excluding carboxylic acids is 1. The van der Waals surface area contributed by atoms with Crippen molar-refractivity contribution in [2.75, 3.05) is 27.2 Å². The predicted octanol–water partition coefficient (Wildman–Crippen LogP) is 2.04. The number of sulfonamides is 1. The number of nitrogens with one attached hydrogen (secondary N) is 2. The van der Waals surface area contributed by atoms with Crippen LogP contribution >= 0.6 is 11.3 Å². The number of hydrogen-bond acceptors (Lipinski definition) is 5. The third kappa shape index (κ3) is 5.02. The first-order valence-corrected chi connectivity index (χ1v) is 10.8. The maximum Gasteiger partial charge on any atom is 0.265 e. The first kappa shape index (κ1) is 19.4. The van der Waals surface area contributed by atoms with Crippen LogP contribution in [0, 0.1) is 0 Å². The molecule has 24 heavy (non-hydrogen) atoms. The van der Waals surface area contributed by atoms with E-state index in [0.29, 0.717) is 13.1 Å². The summed E-state index contributed by atoms with van der Waals surface area (Å²) >= 11 is 1.18. The van der Waals surface area contributed by atoms with Gasteiger partial charge in [-0.15, -0.1) is 11.3 Å². The zero-order valence-corrected chi connectivity index (χ0v) is 16.0. The second-order valence-corrected chi connectivity index (χ2v) is 8.85. The van der Waals surface area contributed by atoms with Crippen molar-refractivity contribution < 1.29 is 13.2 Å². The fourth-order valence-corrected chi connectivity index (χ4v) is 5.62. The van der Waals surface area contributed by atoms with Crippen molar-refractivity contribution in [2.24, 2.45) is 0 Å². The van der Waals surface area contributed by atoms with Gasteiger partial charge < -0.3 is 10.2 Å². The quantitative estimate of drug-likeness (QED) is 0.717. The van der Waals surface area contributed by atoms with Gasteiger partial charge in [-0.2, -0.15) is 0 Å². The molecule has 0 atom stereocenters. The lowest BCUT2D eigenvalue weighted by molar-refractivity contribution is 0.0798. The summed E-state index contributed by atoms with van der Waals surface area (Å²) in [6.07, 6.45) is 6.17. The summed E-state index contributed by atoms with van der Waals surface area (Å²) in [6.45, 7) is 1.19. The van der Waals surface area contributed by atoms with Crippen molar-refractivity contribution in [3.8, 4) is 0 Å². The lowest BCUT2D eigenvalue weighted by Crippen LogP contribution is -2.36. The molecule has 6 nitrogen and oxygen atoms in total. The molecule has 2 N–H and O–H groups in total. The number of thiophene rings is 1. The molecule has 0 aromatic carbocycles. The number of carbonyl (C=O) groups is 1. The van der Waals surface area contributed by atoms with Crippen LogP contribution in [0.3, 0.4) is 0 Å². The van der Waals surface area contributed by atoms with Gasteiger partial charge in [-0.1, -0.05) is 25.7 Å². The van der Waals surface area contributed by atoms with E-state index in [9.17, 15) is 13.2 Å². The molecule has 0 saturated heterocycles. The summed E-state index contributed by atoms with van der Waals surface area (Å²) in [5, 5.41) is 4.65. The number of hydrogen-bond donors (Lipinski definition) is 2. The molecule has 1 fully saturated rings. The Morgan fingerprint density at radius 2 is 1.96 bits per heavy atom. The molecule has 1 aromatic rings. The summed E-state index contributed by atoms with van der Waals surface area (Å²) in [4.78, 5) is 14.5. The van der Waals surface area contributed by atoms with Gasteiger partial charge in [-0.05, 0) is 31.3 Å². The van der Waals surface area contributed by atoms with E-state index in [4.69, 9.17) is 0 Å². The van der Waals surface area contributed by atoms with Gasteiger partial charge in [0.15, 0.2) is 0 Å². The summed E-state index contributed by atoms with van der Waals surface area (Å²) < 4.78 is 28.3. The van der Waals surface area contributed by atoms with E-state index in [0.717, 1.165) is 38.5 Å². The number of amides is 1. The maximum absolute atomic E-state index is 12.7. The van der Waals surface area contributed by atoms with Gasteiger partial charge in [0.2, 0.25) is 10.0 Å². The zero-order valence-electron chi connectivity index (χ0n) is 14.4. The van der Waals surface area contributed by atoms with Crippen LogP contribution in [0.15, 0.2) is 16.3 Å². The van der Waals surface area contributed by atoms with Crippen molar-refractivity contribution in [1.29, 1.82) is 0 Å². The Kier molecular flexibility index (Phi) is 7.21. The van der Waals surface area contributed by atoms with Crippen molar-refractivity contribution in [3.63, 3.8) is 0 Å². The SMILES string of the molecule is CNCCN(C)C(=O)c1sccc1S(=O)(=O)NC1CCCCCC1. The molecule has 0 bridgehead atoms. The number of rotatable bonds is 7. The molecule has 2 rings (SSSR count).